The van der Waals surface area contributed by atoms with Crippen molar-refractivity contribution in [3.8, 4) is 11.5 Å². The van der Waals surface area contributed by atoms with Crippen molar-refractivity contribution < 1.29 is 19.4 Å². The highest BCUT2D eigenvalue weighted by atomic mass is 16.5. The minimum atomic E-state index is -0.561. The molecular weight excluding hydrogens is 210 g/mol. The molecule has 1 aromatic rings. The second-order valence-electron chi connectivity index (χ2n) is 3.18. The van der Waals surface area contributed by atoms with Crippen LogP contribution in [0.1, 0.15) is 5.56 Å². The third-order valence-corrected chi connectivity index (χ3v) is 2.20. The van der Waals surface area contributed by atoms with E-state index in [9.17, 15) is 4.79 Å². The van der Waals surface area contributed by atoms with Crippen LogP contribution < -0.4 is 14.8 Å². The molecule has 88 valence electrons. The topological polar surface area (TPSA) is 67.8 Å². The maximum absolute atomic E-state index is 11.1. The first-order valence-electron chi connectivity index (χ1n) is 4.76. The Hall–Kier alpha value is -1.75. The fourth-order valence-corrected chi connectivity index (χ4v) is 1.45. The molecule has 0 bridgehead atoms. The second-order valence-corrected chi connectivity index (χ2v) is 3.18. The van der Waals surface area contributed by atoms with Crippen molar-refractivity contribution in [2.45, 2.75) is 6.92 Å². The molecule has 0 saturated carbocycles. The van der Waals surface area contributed by atoms with Crippen molar-refractivity contribution >= 4 is 11.6 Å². The molecular formula is C11H15NO4. The summed E-state index contributed by atoms with van der Waals surface area (Å²) in [5, 5.41) is 11.2. The molecule has 0 unspecified atom stereocenters. The van der Waals surface area contributed by atoms with Crippen LogP contribution in [0.25, 0.3) is 0 Å². The first kappa shape index (κ1) is 12.3. The molecule has 0 atom stereocenters. The van der Waals surface area contributed by atoms with Crippen LogP contribution in [0.5, 0.6) is 11.5 Å². The van der Waals surface area contributed by atoms with Gasteiger partial charge in [-0.05, 0) is 19.1 Å². The van der Waals surface area contributed by atoms with E-state index in [4.69, 9.17) is 14.6 Å². The van der Waals surface area contributed by atoms with Crippen LogP contribution in [0.4, 0.5) is 5.69 Å². The first-order chi connectivity index (χ1) is 7.63. The van der Waals surface area contributed by atoms with E-state index in [1.807, 2.05) is 6.92 Å². The standard InChI is InChI=1S/C11H15NO4/c1-7-9(15-2)5-4-8(11(7)16-3)12-10(14)6-13/h4-5,13H,6H2,1-3H3,(H,12,14). The summed E-state index contributed by atoms with van der Waals surface area (Å²) in [4.78, 5) is 11.1. The number of anilines is 1. The predicted octanol–water partition coefficient (Wildman–Crippen LogP) is 0.943. The van der Waals surface area contributed by atoms with Gasteiger partial charge in [0, 0.05) is 5.56 Å². The van der Waals surface area contributed by atoms with Gasteiger partial charge < -0.3 is 19.9 Å². The normalized spacial score (nSPS) is 9.75. The molecule has 1 aromatic carbocycles. The first-order valence-corrected chi connectivity index (χ1v) is 4.76. The summed E-state index contributed by atoms with van der Waals surface area (Å²) in [6, 6.07) is 3.39. The molecule has 5 heteroatoms. The fourth-order valence-electron chi connectivity index (χ4n) is 1.45. The number of ether oxygens (including phenoxy) is 2. The van der Waals surface area contributed by atoms with Gasteiger partial charge in [0.15, 0.2) is 0 Å². The Labute approximate surface area is 94.0 Å². The van der Waals surface area contributed by atoms with E-state index < -0.39 is 12.5 Å². The van der Waals surface area contributed by atoms with Gasteiger partial charge in [-0.25, -0.2) is 0 Å². The third-order valence-electron chi connectivity index (χ3n) is 2.20. The molecule has 0 aliphatic rings. The lowest BCUT2D eigenvalue weighted by molar-refractivity contribution is -0.118. The van der Waals surface area contributed by atoms with Crippen molar-refractivity contribution in [3.05, 3.63) is 17.7 Å². The van der Waals surface area contributed by atoms with Crippen molar-refractivity contribution in [2.75, 3.05) is 26.1 Å². The number of nitrogens with one attached hydrogen (secondary N) is 1. The van der Waals surface area contributed by atoms with Gasteiger partial charge in [-0.2, -0.15) is 0 Å². The average Bonchev–Trinajstić information content (AvgIpc) is 2.29. The van der Waals surface area contributed by atoms with Gasteiger partial charge in [-0.1, -0.05) is 0 Å². The largest absolute Gasteiger partial charge is 0.496 e. The molecule has 0 heterocycles. The summed E-state index contributed by atoms with van der Waals surface area (Å²) < 4.78 is 10.3. The molecule has 0 aliphatic carbocycles. The average molecular weight is 225 g/mol. The monoisotopic (exact) mass is 225 g/mol. The van der Waals surface area contributed by atoms with Crippen molar-refractivity contribution in [1.29, 1.82) is 0 Å². The molecule has 0 fully saturated rings. The number of carbonyl (C=O) groups excluding carboxylic acids is 1. The van der Waals surface area contributed by atoms with Gasteiger partial charge in [0.1, 0.15) is 18.1 Å². The lowest BCUT2D eigenvalue weighted by atomic mass is 10.1. The van der Waals surface area contributed by atoms with Crippen LogP contribution >= 0.6 is 0 Å². The number of carbonyl (C=O) groups is 1. The van der Waals surface area contributed by atoms with Crippen LogP contribution in [0, 0.1) is 6.92 Å². The fraction of sp³-hybridized carbons (Fsp3) is 0.364. The van der Waals surface area contributed by atoms with E-state index in [1.165, 1.54) is 7.11 Å². The Bertz CT molecular complexity index is 390. The molecule has 1 amide bonds. The molecule has 1 rings (SSSR count). The Morgan fingerprint density at radius 3 is 2.56 bits per heavy atom. The molecule has 0 aromatic heterocycles. The number of amides is 1. The zero-order valence-corrected chi connectivity index (χ0v) is 9.53. The van der Waals surface area contributed by atoms with E-state index in [2.05, 4.69) is 5.32 Å². The summed E-state index contributed by atoms with van der Waals surface area (Å²) in [7, 11) is 3.07. The maximum atomic E-state index is 11.1. The van der Waals surface area contributed by atoms with E-state index in [-0.39, 0.29) is 0 Å². The Morgan fingerprint density at radius 2 is 2.06 bits per heavy atom. The molecule has 0 aliphatic heterocycles. The van der Waals surface area contributed by atoms with Gasteiger partial charge >= 0.3 is 0 Å². The van der Waals surface area contributed by atoms with Gasteiger partial charge in [-0.3, -0.25) is 4.79 Å². The summed E-state index contributed by atoms with van der Waals surface area (Å²) in [6.45, 7) is 1.26. The summed E-state index contributed by atoms with van der Waals surface area (Å²) in [5.41, 5.74) is 1.31. The van der Waals surface area contributed by atoms with Crippen molar-refractivity contribution in [3.63, 3.8) is 0 Å². The summed E-state index contributed by atoms with van der Waals surface area (Å²) in [6.07, 6.45) is 0. The zero-order valence-electron chi connectivity index (χ0n) is 9.53. The highest BCUT2D eigenvalue weighted by Gasteiger charge is 2.12. The number of hydrogen-bond donors (Lipinski definition) is 2. The van der Waals surface area contributed by atoms with Gasteiger partial charge in [0.05, 0.1) is 19.9 Å². The number of aliphatic hydroxyl groups is 1. The van der Waals surface area contributed by atoms with Crippen LogP contribution in [0.2, 0.25) is 0 Å². The van der Waals surface area contributed by atoms with E-state index in [1.54, 1.807) is 19.2 Å². The number of aliphatic hydroxyl groups excluding tert-OH is 1. The molecule has 2 N–H and O–H groups in total. The lowest BCUT2D eigenvalue weighted by Crippen LogP contribution is -2.16. The minimum absolute atomic E-state index is 0.483. The van der Waals surface area contributed by atoms with E-state index >= 15 is 0 Å². The van der Waals surface area contributed by atoms with E-state index in [0.717, 1.165) is 5.56 Å². The van der Waals surface area contributed by atoms with Crippen molar-refractivity contribution in [1.82, 2.24) is 0 Å². The SMILES string of the molecule is COc1ccc(NC(=O)CO)c(OC)c1C. The maximum Gasteiger partial charge on any atom is 0.250 e. The van der Waals surface area contributed by atoms with Crippen LogP contribution in [-0.2, 0) is 4.79 Å². The lowest BCUT2D eigenvalue weighted by Gasteiger charge is -2.14. The number of rotatable bonds is 4. The van der Waals surface area contributed by atoms with Crippen molar-refractivity contribution in [2.24, 2.45) is 0 Å². The predicted molar refractivity (Wildman–Crippen MR) is 60.0 cm³/mol. The summed E-state index contributed by atoms with van der Waals surface area (Å²) >= 11 is 0. The Morgan fingerprint density at radius 1 is 1.38 bits per heavy atom. The highest BCUT2D eigenvalue weighted by molar-refractivity contribution is 5.93. The smallest absolute Gasteiger partial charge is 0.250 e. The number of benzene rings is 1. The van der Waals surface area contributed by atoms with Crippen LogP contribution in [-0.4, -0.2) is 31.8 Å². The number of hydrogen-bond acceptors (Lipinski definition) is 4. The van der Waals surface area contributed by atoms with Crippen LogP contribution in [0.3, 0.4) is 0 Å². The highest BCUT2D eigenvalue weighted by Crippen LogP contribution is 2.34. The third kappa shape index (κ3) is 2.43. The van der Waals surface area contributed by atoms with E-state index in [0.29, 0.717) is 17.2 Å². The second kappa shape index (κ2) is 5.37. The van der Waals surface area contributed by atoms with Gasteiger partial charge in [0.25, 0.3) is 0 Å². The quantitative estimate of drug-likeness (QED) is 0.800. The summed E-state index contributed by atoms with van der Waals surface area (Å²) in [5.74, 6) is 0.725. The van der Waals surface area contributed by atoms with Gasteiger partial charge in [-0.15, -0.1) is 0 Å². The molecule has 5 nitrogen and oxygen atoms in total. The minimum Gasteiger partial charge on any atom is -0.496 e. The Balaban J connectivity index is 3.10. The Kier molecular flexibility index (Phi) is 4.13. The molecule has 0 saturated heterocycles. The molecule has 0 spiro atoms. The van der Waals surface area contributed by atoms with Crippen LogP contribution in [0.15, 0.2) is 12.1 Å². The molecule has 0 radical (unpaired) electrons. The number of methoxy groups -OCH3 is 2. The zero-order chi connectivity index (χ0) is 12.1. The van der Waals surface area contributed by atoms with Gasteiger partial charge in [0.2, 0.25) is 5.91 Å². The molecule has 16 heavy (non-hydrogen) atoms.